The molecule has 218 valence electrons. The van der Waals surface area contributed by atoms with Gasteiger partial charge in [0.2, 0.25) is 5.91 Å². The highest BCUT2D eigenvalue weighted by Gasteiger charge is 2.30. The Morgan fingerprint density at radius 2 is 1.52 bits per heavy atom. The van der Waals surface area contributed by atoms with Crippen molar-refractivity contribution in [2.45, 2.75) is 24.8 Å². The number of methoxy groups -OCH3 is 2. The monoisotopic (exact) mass is 587 g/mol. The molecular formula is C32H33N3O6S. The zero-order valence-corrected chi connectivity index (χ0v) is 24.6. The molecule has 2 amide bonds. The smallest absolute Gasteiger partial charge is 0.264 e. The number of nitrogens with one attached hydrogen (secondary N) is 2. The number of rotatable bonds is 11. The minimum atomic E-state index is -4.23. The van der Waals surface area contributed by atoms with Gasteiger partial charge in [0.25, 0.3) is 15.9 Å². The summed E-state index contributed by atoms with van der Waals surface area (Å²) in [6.45, 7) is 3.11. The minimum absolute atomic E-state index is 0.000417. The average molecular weight is 588 g/mol. The number of anilines is 2. The minimum Gasteiger partial charge on any atom is -0.497 e. The molecule has 4 aromatic rings. The number of carbonyl (C=O) groups excluding carboxylic acids is 2. The molecule has 0 saturated heterocycles. The Labute approximate surface area is 246 Å². The second-order valence-corrected chi connectivity index (χ2v) is 11.4. The fourth-order valence-electron chi connectivity index (χ4n) is 4.34. The summed E-state index contributed by atoms with van der Waals surface area (Å²) in [4.78, 5) is 26.7. The lowest BCUT2D eigenvalue weighted by molar-refractivity contribution is -0.114. The molecule has 0 fully saturated rings. The van der Waals surface area contributed by atoms with Gasteiger partial charge in [0, 0.05) is 6.07 Å². The van der Waals surface area contributed by atoms with Crippen molar-refractivity contribution in [1.82, 2.24) is 5.32 Å². The van der Waals surface area contributed by atoms with Crippen LogP contribution in [0.15, 0.2) is 102 Å². The lowest BCUT2D eigenvalue weighted by atomic mass is 10.1. The standard InChI is InChI=1S/C32H33N3O6S/c1-22-14-17-26(18-15-22)42(38,39)35(29-20-25(40-3)16-19-30(29)41-4)21-31(36)34-28-13-9-8-12-27(28)32(37)33-23(2)24-10-6-5-7-11-24/h5-20,23H,21H2,1-4H3,(H,33,37)(H,34,36)/t23-/m0/s1. The van der Waals surface area contributed by atoms with Crippen LogP contribution in [0.5, 0.6) is 11.5 Å². The molecule has 0 aliphatic carbocycles. The molecule has 0 aliphatic rings. The summed E-state index contributed by atoms with van der Waals surface area (Å²) in [7, 11) is -1.36. The van der Waals surface area contributed by atoms with Crippen LogP contribution in [0.4, 0.5) is 11.4 Å². The summed E-state index contributed by atoms with van der Waals surface area (Å²) in [6.07, 6.45) is 0. The van der Waals surface area contributed by atoms with Crippen LogP contribution in [0.2, 0.25) is 0 Å². The van der Waals surface area contributed by atoms with E-state index in [2.05, 4.69) is 10.6 Å². The van der Waals surface area contributed by atoms with Crippen LogP contribution in [-0.2, 0) is 14.8 Å². The van der Waals surface area contributed by atoms with E-state index in [9.17, 15) is 18.0 Å². The number of carbonyl (C=O) groups is 2. The molecule has 4 aromatic carbocycles. The maximum atomic E-state index is 13.9. The van der Waals surface area contributed by atoms with Gasteiger partial charge < -0.3 is 20.1 Å². The van der Waals surface area contributed by atoms with Crippen LogP contribution in [-0.4, -0.2) is 41.0 Å². The second-order valence-electron chi connectivity index (χ2n) is 9.56. The first kappa shape index (κ1) is 30.1. The molecule has 2 N–H and O–H groups in total. The van der Waals surface area contributed by atoms with Crippen LogP contribution < -0.4 is 24.4 Å². The molecule has 0 bridgehead atoms. The lowest BCUT2D eigenvalue weighted by Crippen LogP contribution is -2.38. The van der Waals surface area contributed by atoms with E-state index in [0.717, 1.165) is 15.4 Å². The fraction of sp³-hybridized carbons (Fsp3) is 0.188. The normalized spacial score (nSPS) is 11.7. The first-order chi connectivity index (χ1) is 20.1. The van der Waals surface area contributed by atoms with Gasteiger partial charge in [-0.05, 0) is 55.8 Å². The third-order valence-corrected chi connectivity index (χ3v) is 8.42. The molecule has 0 spiro atoms. The maximum absolute atomic E-state index is 13.9. The number of aryl methyl sites for hydroxylation is 1. The van der Waals surface area contributed by atoms with E-state index in [1.165, 1.54) is 32.4 Å². The third-order valence-electron chi connectivity index (χ3n) is 6.64. The average Bonchev–Trinajstić information content (AvgIpc) is 3.00. The highest BCUT2D eigenvalue weighted by atomic mass is 32.2. The van der Waals surface area contributed by atoms with E-state index < -0.39 is 22.5 Å². The van der Waals surface area contributed by atoms with Crippen molar-refractivity contribution in [3.63, 3.8) is 0 Å². The Kier molecular flexibility index (Phi) is 9.49. The Hall–Kier alpha value is -4.83. The summed E-state index contributed by atoms with van der Waals surface area (Å²) in [6, 6.07) is 26.8. The molecule has 0 aromatic heterocycles. The Morgan fingerprint density at radius 3 is 2.19 bits per heavy atom. The van der Waals surface area contributed by atoms with E-state index >= 15 is 0 Å². The van der Waals surface area contributed by atoms with Crippen molar-refractivity contribution in [3.05, 3.63) is 114 Å². The zero-order chi connectivity index (χ0) is 30.3. The highest BCUT2D eigenvalue weighted by molar-refractivity contribution is 7.92. The van der Waals surface area contributed by atoms with Crippen LogP contribution in [0, 0.1) is 6.92 Å². The molecule has 9 nitrogen and oxygen atoms in total. The van der Waals surface area contributed by atoms with Crippen LogP contribution in [0.25, 0.3) is 0 Å². The molecule has 0 radical (unpaired) electrons. The van der Waals surface area contributed by atoms with E-state index in [1.54, 1.807) is 48.5 Å². The second kappa shape index (κ2) is 13.2. The van der Waals surface area contributed by atoms with Gasteiger partial charge in [-0.25, -0.2) is 8.42 Å². The molecular weight excluding hydrogens is 554 g/mol. The predicted octanol–water partition coefficient (Wildman–Crippen LogP) is 5.34. The van der Waals surface area contributed by atoms with Crippen molar-refractivity contribution >= 4 is 33.2 Å². The SMILES string of the molecule is COc1ccc(OC)c(N(CC(=O)Nc2ccccc2C(=O)N[C@@H](C)c2ccccc2)S(=O)(=O)c2ccc(C)cc2)c1. The van der Waals surface area contributed by atoms with E-state index in [0.29, 0.717) is 5.75 Å². The number of para-hydroxylation sites is 1. The molecule has 1 atom stereocenters. The molecule has 10 heteroatoms. The van der Waals surface area contributed by atoms with Crippen LogP contribution in [0.1, 0.15) is 34.5 Å². The first-order valence-corrected chi connectivity index (χ1v) is 14.6. The molecule has 0 unspecified atom stereocenters. The number of benzene rings is 4. The van der Waals surface area contributed by atoms with Crippen molar-refractivity contribution in [2.75, 3.05) is 30.4 Å². The van der Waals surface area contributed by atoms with Gasteiger partial charge in [0.05, 0.1) is 42.1 Å². The van der Waals surface area contributed by atoms with Gasteiger partial charge in [-0.15, -0.1) is 0 Å². The van der Waals surface area contributed by atoms with Crippen LogP contribution >= 0.6 is 0 Å². The predicted molar refractivity (Wildman–Crippen MR) is 163 cm³/mol. The first-order valence-electron chi connectivity index (χ1n) is 13.2. The number of hydrogen-bond donors (Lipinski definition) is 2. The molecule has 0 aliphatic heterocycles. The quantitative estimate of drug-likeness (QED) is 0.245. The van der Waals surface area contributed by atoms with Crippen molar-refractivity contribution < 1.29 is 27.5 Å². The van der Waals surface area contributed by atoms with Gasteiger partial charge in [0.15, 0.2) is 0 Å². The summed E-state index contributed by atoms with van der Waals surface area (Å²) >= 11 is 0. The molecule has 0 heterocycles. The summed E-state index contributed by atoms with van der Waals surface area (Å²) in [5.41, 5.74) is 2.41. The third kappa shape index (κ3) is 6.90. The van der Waals surface area contributed by atoms with Crippen molar-refractivity contribution in [2.24, 2.45) is 0 Å². The summed E-state index contributed by atoms with van der Waals surface area (Å²) < 4.78 is 39.6. The lowest BCUT2D eigenvalue weighted by Gasteiger charge is -2.26. The van der Waals surface area contributed by atoms with Gasteiger partial charge in [-0.3, -0.25) is 13.9 Å². The van der Waals surface area contributed by atoms with E-state index in [1.807, 2.05) is 44.2 Å². The van der Waals surface area contributed by atoms with E-state index in [4.69, 9.17) is 9.47 Å². The number of amides is 2. The van der Waals surface area contributed by atoms with Gasteiger partial charge >= 0.3 is 0 Å². The largest absolute Gasteiger partial charge is 0.497 e. The summed E-state index contributed by atoms with van der Waals surface area (Å²) in [5.74, 6) is -0.438. The number of nitrogens with zero attached hydrogens (tertiary/aromatic N) is 1. The topological polar surface area (TPSA) is 114 Å². The highest BCUT2D eigenvalue weighted by Crippen LogP contribution is 2.36. The number of ether oxygens (including phenoxy) is 2. The Morgan fingerprint density at radius 1 is 0.857 bits per heavy atom. The number of sulfonamides is 1. The van der Waals surface area contributed by atoms with Gasteiger partial charge in [-0.1, -0.05) is 60.2 Å². The summed E-state index contributed by atoms with van der Waals surface area (Å²) in [5, 5.41) is 5.67. The Balaban J connectivity index is 1.65. The fourth-order valence-corrected chi connectivity index (χ4v) is 5.76. The van der Waals surface area contributed by atoms with Crippen molar-refractivity contribution in [1.29, 1.82) is 0 Å². The molecule has 4 rings (SSSR count). The van der Waals surface area contributed by atoms with E-state index in [-0.39, 0.29) is 39.5 Å². The Bertz CT molecular complexity index is 1660. The molecule has 42 heavy (non-hydrogen) atoms. The maximum Gasteiger partial charge on any atom is 0.264 e. The van der Waals surface area contributed by atoms with Crippen molar-refractivity contribution in [3.8, 4) is 11.5 Å². The van der Waals surface area contributed by atoms with Gasteiger partial charge in [0.1, 0.15) is 18.0 Å². The zero-order valence-electron chi connectivity index (χ0n) is 23.8. The van der Waals surface area contributed by atoms with Crippen LogP contribution in [0.3, 0.4) is 0 Å². The number of hydrogen-bond acceptors (Lipinski definition) is 6. The molecule has 0 saturated carbocycles. The van der Waals surface area contributed by atoms with Gasteiger partial charge in [-0.2, -0.15) is 0 Å².